The molecule has 266 valence electrons. The van der Waals surface area contributed by atoms with Gasteiger partial charge in [0.15, 0.2) is 0 Å². The van der Waals surface area contributed by atoms with Crippen LogP contribution < -0.4 is 21.3 Å². The van der Waals surface area contributed by atoms with Gasteiger partial charge >= 0.3 is 11.9 Å². The lowest BCUT2D eigenvalue weighted by atomic mass is 9.99. The molecule has 0 saturated heterocycles. The van der Waals surface area contributed by atoms with E-state index in [1.807, 2.05) is 44.2 Å². The number of nitrogens with one attached hydrogen (secondary N) is 4. The monoisotopic (exact) mass is 754 g/mol. The van der Waals surface area contributed by atoms with Gasteiger partial charge in [-0.2, -0.15) is 0 Å². The number of ether oxygens (including phenoxy) is 2. The molecule has 0 bridgehead atoms. The SMILES string of the molecule is CCC(C)C(NC(=O)C(C)Nc1ccc(Cl)c(Cl)c1)C(=O)OC.COC(=O)C(Cc1ccccc1)NC(=O)C(C)Nc1ccc(Cl)c(Cl)c1. The van der Waals surface area contributed by atoms with Crippen LogP contribution in [0.25, 0.3) is 0 Å². The Kier molecular flexibility index (Phi) is 17.5. The molecule has 0 fully saturated rings. The van der Waals surface area contributed by atoms with Crippen LogP contribution in [0.15, 0.2) is 66.7 Å². The fraction of sp³-hybridized carbons (Fsp3) is 0.371. The molecule has 49 heavy (non-hydrogen) atoms. The highest BCUT2D eigenvalue weighted by Gasteiger charge is 2.28. The van der Waals surface area contributed by atoms with E-state index in [1.54, 1.807) is 50.2 Å². The minimum Gasteiger partial charge on any atom is -0.467 e. The van der Waals surface area contributed by atoms with Crippen molar-refractivity contribution in [2.24, 2.45) is 5.92 Å². The quantitative estimate of drug-likeness (QED) is 0.127. The van der Waals surface area contributed by atoms with Gasteiger partial charge in [0.05, 0.1) is 34.3 Å². The first-order valence-electron chi connectivity index (χ1n) is 15.4. The molecule has 0 spiro atoms. The van der Waals surface area contributed by atoms with Crippen LogP contribution in [0.5, 0.6) is 0 Å². The fourth-order valence-electron chi connectivity index (χ4n) is 4.36. The Hall–Kier alpha value is -3.70. The standard InChI is InChI=1S/C19H20Cl2N2O3.C16H22Cl2N2O3/c1-12(22-14-8-9-15(20)16(21)11-14)18(24)23-17(19(25)26-2)10-13-6-4-3-5-7-13;1-5-9(2)14(16(22)23-4)20-15(21)10(3)19-11-6-7-12(17)13(18)8-11/h3-9,11-12,17,22H,10H2,1-2H3,(H,23,24);6-10,14,19H,5H2,1-4H3,(H,20,21). The topological polar surface area (TPSA) is 135 Å². The molecular formula is C35H42Cl4N4O6. The van der Waals surface area contributed by atoms with Crippen molar-refractivity contribution in [3.05, 3.63) is 92.4 Å². The largest absolute Gasteiger partial charge is 0.467 e. The third-order valence-electron chi connectivity index (χ3n) is 7.44. The van der Waals surface area contributed by atoms with Gasteiger partial charge in [-0.05, 0) is 61.7 Å². The average molecular weight is 757 g/mol. The molecule has 0 aliphatic rings. The predicted octanol–water partition coefficient (Wildman–Crippen LogP) is 7.19. The van der Waals surface area contributed by atoms with Crippen LogP contribution in [-0.4, -0.2) is 62.1 Å². The second kappa shape index (κ2) is 20.7. The van der Waals surface area contributed by atoms with E-state index in [-0.39, 0.29) is 17.7 Å². The minimum atomic E-state index is -0.770. The summed E-state index contributed by atoms with van der Waals surface area (Å²) in [7, 11) is 2.60. The molecule has 10 nitrogen and oxygen atoms in total. The number of carbonyl (C=O) groups excluding carboxylic acids is 4. The molecule has 0 aromatic heterocycles. The zero-order chi connectivity index (χ0) is 36.7. The van der Waals surface area contributed by atoms with E-state index in [0.29, 0.717) is 37.9 Å². The van der Waals surface area contributed by atoms with E-state index >= 15 is 0 Å². The molecule has 5 atom stereocenters. The Morgan fingerprint density at radius 3 is 1.55 bits per heavy atom. The third-order valence-corrected chi connectivity index (χ3v) is 8.92. The number of hydrogen-bond acceptors (Lipinski definition) is 8. The Morgan fingerprint density at radius 2 is 1.12 bits per heavy atom. The molecule has 14 heteroatoms. The van der Waals surface area contributed by atoms with E-state index < -0.39 is 36.1 Å². The van der Waals surface area contributed by atoms with Crippen LogP contribution in [0.3, 0.4) is 0 Å². The first-order chi connectivity index (χ1) is 23.2. The molecule has 0 aliphatic heterocycles. The number of hydrogen-bond donors (Lipinski definition) is 4. The smallest absolute Gasteiger partial charge is 0.328 e. The molecule has 2 amide bonds. The molecule has 3 rings (SSSR count). The number of anilines is 2. The van der Waals surface area contributed by atoms with Crippen LogP contribution in [0.1, 0.15) is 39.7 Å². The average Bonchev–Trinajstić information content (AvgIpc) is 3.09. The molecule has 0 heterocycles. The molecular weight excluding hydrogens is 714 g/mol. The summed E-state index contributed by atoms with van der Waals surface area (Å²) in [5.41, 5.74) is 2.24. The summed E-state index contributed by atoms with van der Waals surface area (Å²) in [6.07, 6.45) is 1.09. The van der Waals surface area contributed by atoms with E-state index in [1.165, 1.54) is 14.2 Å². The third kappa shape index (κ3) is 13.6. The highest BCUT2D eigenvalue weighted by molar-refractivity contribution is 6.42. The van der Waals surface area contributed by atoms with Crippen molar-refractivity contribution < 1.29 is 28.7 Å². The molecule has 4 N–H and O–H groups in total. The first-order valence-corrected chi connectivity index (χ1v) is 16.9. The normalized spacial score (nSPS) is 13.6. The number of amides is 2. The number of esters is 2. The van der Waals surface area contributed by atoms with Crippen LogP contribution in [-0.2, 0) is 35.1 Å². The van der Waals surface area contributed by atoms with Crippen molar-refractivity contribution in [1.82, 2.24) is 10.6 Å². The van der Waals surface area contributed by atoms with Gasteiger partial charge in [-0.15, -0.1) is 0 Å². The molecule has 0 radical (unpaired) electrons. The van der Waals surface area contributed by atoms with Crippen LogP contribution in [0.4, 0.5) is 11.4 Å². The van der Waals surface area contributed by atoms with Gasteiger partial charge < -0.3 is 30.7 Å². The summed E-state index contributed by atoms with van der Waals surface area (Å²) in [6.45, 7) is 7.22. The summed E-state index contributed by atoms with van der Waals surface area (Å²) in [6, 6.07) is 16.8. The summed E-state index contributed by atoms with van der Waals surface area (Å²) >= 11 is 23.7. The number of carbonyl (C=O) groups is 4. The summed E-state index contributed by atoms with van der Waals surface area (Å²) in [5.74, 6) is -1.60. The Labute approximate surface area is 307 Å². The maximum absolute atomic E-state index is 12.5. The number of benzene rings is 3. The zero-order valence-corrected chi connectivity index (χ0v) is 31.1. The van der Waals surface area contributed by atoms with E-state index in [2.05, 4.69) is 21.3 Å². The first kappa shape index (κ1) is 41.5. The van der Waals surface area contributed by atoms with Crippen molar-refractivity contribution in [1.29, 1.82) is 0 Å². The molecule has 3 aromatic carbocycles. The van der Waals surface area contributed by atoms with Crippen LogP contribution >= 0.6 is 46.4 Å². The van der Waals surface area contributed by atoms with Crippen molar-refractivity contribution in [3.8, 4) is 0 Å². The van der Waals surface area contributed by atoms with Gasteiger partial charge in [-0.3, -0.25) is 9.59 Å². The van der Waals surface area contributed by atoms with Crippen LogP contribution in [0.2, 0.25) is 20.1 Å². The highest BCUT2D eigenvalue weighted by atomic mass is 35.5. The van der Waals surface area contributed by atoms with Gasteiger partial charge in [0.2, 0.25) is 11.8 Å². The lowest BCUT2D eigenvalue weighted by molar-refractivity contribution is -0.146. The van der Waals surface area contributed by atoms with Crippen LogP contribution in [0, 0.1) is 5.92 Å². The van der Waals surface area contributed by atoms with Crippen molar-refractivity contribution in [3.63, 3.8) is 0 Å². The van der Waals surface area contributed by atoms with E-state index in [0.717, 1.165) is 12.0 Å². The minimum absolute atomic E-state index is 0.0245. The molecule has 3 aromatic rings. The van der Waals surface area contributed by atoms with Crippen molar-refractivity contribution in [2.45, 2.75) is 64.7 Å². The Balaban J connectivity index is 0.000000343. The number of halogens is 4. The number of methoxy groups -OCH3 is 2. The summed E-state index contributed by atoms with van der Waals surface area (Å²) < 4.78 is 9.56. The number of rotatable bonds is 14. The van der Waals surface area contributed by atoms with Gasteiger partial charge in [-0.1, -0.05) is 97.0 Å². The Bertz CT molecular complexity index is 1560. The van der Waals surface area contributed by atoms with Crippen molar-refractivity contribution in [2.75, 3.05) is 24.9 Å². The highest BCUT2D eigenvalue weighted by Crippen LogP contribution is 2.26. The van der Waals surface area contributed by atoms with Gasteiger partial charge in [0, 0.05) is 17.8 Å². The lowest BCUT2D eigenvalue weighted by Gasteiger charge is -2.24. The fourth-order valence-corrected chi connectivity index (χ4v) is 4.96. The maximum atomic E-state index is 12.5. The lowest BCUT2D eigenvalue weighted by Crippen LogP contribution is -2.50. The molecule has 0 saturated carbocycles. The van der Waals surface area contributed by atoms with Gasteiger partial charge in [0.1, 0.15) is 24.2 Å². The van der Waals surface area contributed by atoms with Crippen molar-refractivity contribution >= 4 is 81.5 Å². The molecule has 0 aliphatic carbocycles. The second-order valence-electron chi connectivity index (χ2n) is 11.2. The van der Waals surface area contributed by atoms with Gasteiger partial charge in [-0.25, -0.2) is 9.59 Å². The molecule has 5 unspecified atom stereocenters. The Morgan fingerprint density at radius 1 is 0.653 bits per heavy atom. The van der Waals surface area contributed by atoms with Gasteiger partial charge in [0.25, 0.3) is 0 Å². The summed E-state index contributed by atoms with van der Waals surface area (Å²) in [5, 5.41) is 13.2. The van der Waals surface area contributed by atoms with E-state index in [9.17, 15) is 19.2 Å². The second-order valence-corrected chi connectivity index (χ2v) is 12.8. The van der Waals surface area contributed by atoms with E-state index in [4.69, 9.17) is 55.9 Å². The summed E-state index contributed by atoms with van der Waals surface area (Å²) in [4.78, 5) is 48.6. The zero-order valence-electron chi connectivity index (χ0n) is 28.1. The maximum Gasteiger partial charge on any atom is 0.328 e. The predicted molar refractivity (Wildman–Crippen MR) is 197 cm³/mol.